The summed E-state index contributed by atoms with van der Waals surface area (Å²) < 4.78 is 0. The van der Waals surface area contributed by atoms with Crippen molar-refractivity contribution in [3.63, 3.8) is 0 Å². The summed E-state index contributed by atoms with van der Waals surface area (Å²) in [6, 6.07) is 0.775. The lowest BCUT2D eigenvalue weighted by Gasteiger charge is -2.40. The molecule has 8 nitrogen and oxygen atoms in total. The minimum Gasteiger partial charge on any atom is -0.369 e. The van der Waals surface area contributed by atoms with Crippen LogP contribution in [0.15, 0.2) is 0 Å². The summed E-state index contributed by atoms with van der Waals surface area (Å²) in [5, 5.41) is 10.2. The van der Waals surface area contributed by atoms with Gasteiger partial charge >= 0.3 is 6.03 Å². The zero-order valence-electron chi connectivity index (χ0n) is 11.8. The minimum atomic E-state index is -0.682. The second-order valence-corrected chi connectivity index (χ2v) is 5.09. The van der Waals surface area contributed by atoms with Gasteiger partial charge in [0.1, 0.15) is 0 Å². The fourth-order valence-electron chi connectivity index (χ4n) is 2.28. The first-order chi connectivity index (χ1) is 9.35. The van der Waals surface area contributed by atoms with E-state index in [1.807, 2.05) is 0 Å². The maximum atomic E-state index is 11.5. The van der Waals surface area contributed by atoms with Crippen LogP contribution in [-0.4, -0.2) is 53.2 Å². The van der Waals surface area contributed by atoms with E-state index in [0.717, 1.165) is 5.06 Å². The molecule has 3 amide bonds. The van der Waals surface area contributed by atoms with Crippen LogP contribution in [0.5, 0.6) is 0 Å². The van der Waals surface area contributed by atoms with Crippen molar-refractivity contribution in [2.24, 2.45) is 11.5 Å². The van der Waals surface area contributed by atoms with Crippen LogP contribution < -0.4 is 11.5 Å². The molecule has 20 heavy (non-hydrogen) atoms. The summed E-state index contributed by atoms with van der Waals surface area (Å²) in [4.78, 5) is 29.6. The van der Waals surface area contributed by atoms with Crippen molar-refractivity contribution in [3.05, 3.63) is 0 Å². The topological polar surface area (TPSA) is 126 Å². The molecule has 0 radical (unpaired) electrons. The minimum absolute atomic E-state index is 0.0248. The first-order valence-corrected chi connectivity index (χ1v) is 6.52. The average Bonchev–Trinajstić information content (AvgIpc) is 2.34. The molecule has 1 rings (SSSR count). The van der Waals surface area contributed by atoms with E-state index in [4.69, 9.17) is 21.6 Å². The molecule has 0 saturated carbocycles. The highest BCUT2D eigenvalue weighted by Crippen LogP contribution is 2.21. The van der Waals surface area contributed by atoms with Crippen LogP contribution in [0, 0.1) is 11.3 Å². The molecular weight excluding hydrogens is 262 g/mol. The van der Waals surface area contributed by atoms with Crippen molar-refractivity contribution in [1.29, 1.82) is 5.26 Å². The molecule has 0 aliphatic carbocycles. The predicted molar refractivity (Wildman–Crippen MR) is 70.8 cm³/mol. The number of rotatable bonds is 5. The van der Waals surface area contributed by atoms with Crippen molar-refractivity contribution in [2.45, 2.75) is 44.9 Å². The van der Waals surface area contributed by atoms with Gasteiger partial charge in [-0.2, -0.15) is 10.3 Å². The summed E-state index contributed by atoms with van der Waals surface area (Å²) in [5.74, 6) is -0.513. The molecule has 0 bridgehead atoms. The second kappa shape index (κ2) is 7.07. The molecular formula is C12H21N5O3. The lowest BCUT2D eigenvalue weighted by molar-refractivity contribution is -0.180. The SMILES string of the molecule is CC(C)ON(C(N)=O)[C@@H]1CC[C@@H](C#N)N(CC(N)=O)C1. The molecule has 0 aromatic rings. The number of hydrogen-bond acceptors (Lipinski definition) is 5. The first-order valence-electron chi connectivity index (χ1n) is 6.52. The summed E-state index contributed by atoms with van der Waals surface area (Å²) in [6.45, 7) is 3.88. The molecule has 1 aliphatic rings. The second-order valence-electron chi connectivity index (χ2n) is 5.09. The Kier molecular flexibility index (Phi) is 5.73. The number of carbonyl (C=O) groups is 2. The molecule has 0 spiro atoms. The van der Waals surface area contributed by atoms with Gasteiger partial charge in [0.2, 0.25) is 5.91 Å². The van der Waals surface area contributed by atoms with Gasteiger partial charge in [0.25, 0.3) is 0 Å². The first kappa shape index (κ1) is 16.2. The van der Waals surface area contributed by atoms with Crippen LogP contribution in [0.3, 0.4) is 0 Å². The largest absolute Gasteiger partial charge is 0.369 e. The van der Waals surface area contributed by atoms with E-state index in [-0.39, 0.29) is 24.7 Å². The van der Waals surface area contributed by atoms with Gasteiger partial charge < -0.3 is 11.5 Å². The van der Waals surface area contributed by atoms with Crippen molar-refractivity contribution >= 4 is 11.9 Å². The number of nitrogens with zero attached hydrogens (tertiary/aromatic N) is 3. The standard InChI is InChI=1S/C12H21N5O3/c1-8(2)20-17(12(15)19)10-4-3-9(5-13)16(6-10)7-11(14)18/h8-10H,3-4,6-7H2,1-2H3,(H2,14,18)(H2,15,19)/t9-,10+/m0/s1. The number of urea groups is 1. The van der Waals surface area contributed by atoms with E-state index >= 15 is 0 Å². The number of nitrogens with two attached hydrogens (primary N) is 2. The Morgan fingerprint density at radius 3 is 2.55 bits per heavy atom. The highest BCUT2D eigenvalue weighted by Gasteiger charge is 2.34. The number of carbonyl (C=O) groups excluding carboxylic acids is 2. The Morgan fingerprint density at radius 1 is 1.45 bits per heavy atom. The molecule has 4 N–H and O–H groups in total. The van der Waals surface area contributed by atoms with E-state index in [1.54, 1.807) is 18.7 Å². The van der Waals surface area contributed by atoms with Crippen molar-refractivity contribution in [3.8, 4) is 6.07 Å². The lowest BCUT2D eigenvalue weighted by atomic mass is 9.99. The van der Waals surface area contributed by atoms with E-state index in [1.165, 1.54) is 0 Å². The van der Waals surface area contributed by atoms with Crippen LogP contribution >= 0.6 is 0 Å². The number of piperidine rings is 1. The third kappa shape index (κ3) is 4.36. The Morgan fingerprint density at radius 2 is 2.10 bits per heavy atom. The average molecular weight is 283 g/mol. The van der Waals surface area contributed by atoms with Gasteiger partial charge in [-0.25, -0.2) is 4.79 Å². The fraction of sp³-hybridized carbons (Fsp3) is 0.750. The van der Waals surface area contributed by atoms with Crippen LogP contribution in [-0.2, 0) is 9.63 Å². The molecule has 1 saturated heterocycles. The molecule has 0 aromatic carbocycles. The number of nitriles is 1. The summed E-state index contributed by atoms with van der Waals surface area (Å²) in [7, 11) is 0. The Bertz CT molecular complexity index is 406. The highest BCUT2D eigenvalue weighted by molar-refractivity contribution is 5.76. The normalized spacial score (nSPS) is 23.3. The van der Waals surface area contributed by atoms with Gasteiger partial charge in [0, 0.05) is 6.54 Å². The van der Waals surface area contributed by atoms with Gasteiger partial charge in [-0.15, -0.1) is 0 Å². The maximum Gasteiger partial charge on any atom is 0.339 e. The van der Waals surface area contributed by atoms with Crippen LogP contribution in [0.1, 0.15) is 26.7 Å². The monoisotopic (exact) mass is 283 g/mol. The highest BCUT2D eigenvalue weighted by atomic mass is 16.7. The lowest BCUT2D eigenvalue weighted by Crippen LogP contribution is -2.56. The molecule has 0 aromatic heterocycles. The summed E-state index contributed by atoms with van der Waals surface area (Å²) in [5.41, 5.74) is 10.5. The Balaban J connectivity index is 2.78. The van der Waals surface area contributed by atoms with Gasteiger partial charge in [-0.05, 0) is 26.7 Å². The Labute approximate surface area is 118 Å². The van der Waals surface area contributed by atoms with Gasteiger partial charge in [0.15, 0.2) is 0 Å². The van der Waals surface area contributed by atoms with Crippen molar-refractivity contribution in [1.82, 2.24) is 9.96 Å². The van der Waals surface area contributed by atoms with Crippen LogP contribution in [0.4, 0.5) is 4.79 Å². The zero-order valence-corrected chi connectivity index (χ0v) is 11.8. The van der Waals surface area contributed by atoms with Gasteiger partial charge in [0.05, 0.1) is 30.8 Å². The van der Waals surface area contributed by atoms with Crippen molar-refractivity contribution in [2.75, 3.05) is 13.1 Å². The number of hydrogen-bond donors (Lipinski definition) is 2. The molecule has 0 unspecified atom stereocenters. The van der Waals surface area contributed by atoms with Crippen LogP contribution in [0.25, 0.3) is 0 Å². The summed E-state index contributed by atoms with van der Waals surface area (Å²) >= 11 is 0. The van der Waals surface area contributed by atoms with Gasteiger partial charge in [-0.1, -0.05) is 0 Å². The van der Waals surface area contributed by atoms with E-state index in [0.29, 0.717) is 19.4 Å². The van der Waals surface area contributed by atoms with E-state index < -0.39 is 11.9 Å². The van der Waals surface area contributed by atoms with E-state index in [9.17, 15) is 9.59 Å². The fourth-order valence-corrected chi connectivity index (χ4v) is 2.28. The molecule has 2 atom stereocenters. The molecule has 8 heteroatoms. The molecule has 1 fully saturated rings. The van der Waals surface area contributed by atoms with Crippen LogP contribution in [0.2, 0.25) is 0 Å². The van der Waals surface area contributed by atoms with E-state index in [2.05, 4.69) is 6.07 Å². The summed E-state index contributed by atoms with van der Waals surface area (Å²) in [6.07, 6.45) is 0.920. The third-order valence-electron chi connectivity index (χ3n) is 3.04. The predicted octanol–water partition coefficient (Wildman–Crippen LogP) is -0.451. The quantitative estimate of drug-likeness (QED) is 0.661. The molecule has 112 valence electrons. The molecule has 1 heterocycles. The number of hydroxylamine groups is 2. The Hall–Kier alpha value is -1.85. The number of likely N-dealkylation sites (tertiary alicyclic amines) is 1. The molecule has 1 aliphatic heterocycles. The third-order valence-corrected chi connectivity index (χ3v) is 3.04. The zero-order chi connectivity index (χ0) is 15.3. The number of amides is 3. The number of primary amides is 2. The maximum absolute atomic E-state index is 11.5. The van der Waals surface area contributed by atoms with Crippen molar-refractivity contribution < 1.29 is 14.4 Å². The smallest absolute Gasteiger partial charge is 0.339 e. The van der Waals surface area contributed by atoms with Gasteiger partial charge in [-0.3, -0.25) is 14.5 Å².